The normalized spacial score (nSPS) is 15.4. The van der Waals surface area contributed by atoms with Crippen LogP contribution in [0.15, 0.2) is 36.5 Å². The molecule has 0 saturated heterocycles. The van der Waals surface area contributed by atoms with E-state index in [0.717, 1.165) is 4.31 Å². The van der Waals surface area contributed by atoms with Crippen LogP contribution in [0.1, 0.15) is 28.4 Å². The number of ether oxygens (including phenoxy) is 2. The summed E-state index contributed by atoms with van der Waals surface area (Å²) < 4.78 is 48.2. The molecule has 0 aliphatic carbocycles. The quantitative estimate of drug-likeness (QED) is 0.428. The van der Waals surface area contributed by atoms with Gasteiger partial charge in [0.05, 0.1) is 18.6 Å². The van der Waals surface area contributed by atoms with Gasteiger partial charge >= 0.3 is 0 Å². The molecule has 1 unspecified atom stereocenters. The SMILES string of the molecule is CN(C(=N)N)S(=O)(=O)CC1CCOc2ccc(NC(=O)c3ccc(OCF)cn3)cc21. The molecule has 1 aliphatic rings. The van der Waals surface area contributed by atoms with Crippen molar-refractivity contribution in [3.63, 3.8) is 0 Å². The van der Waals surface area contributed by atoms with Gasteiger partial charge in [0.1, 0.15) is 17.2 Å². The number of carbonyl (C=O) groups excluding carboxylic acids is 1. The third-order valence-electron chi connectivity index (χ3n) is 4.79. The van der Waals surface area contributed by atoms with Crippen LogP contribution in [0.4, 0.5) is 10.1 Å². The first-order valence-electron chi connectivity index (χ1n) is 9.25. The number of pyridine rings is 1. The van der Waals surface area contributed by atoms with Crippen LogP contribution < -0.4 is 20.5 Å². The van der Waals surface area contributed by atoms with E-state index < -0.39 is 34.7 Å². The lowest BCUT2D eigenvalue weighted by molar-refractivity contribution is 0.102. The number of hydrogen-bond acceptors (Lipinski definition) is 7. The second-order valence-electron chi connectivity index (χ2n) is 6.80. The number of carbonyl (C=O) groups is 1. The Morgan fingerprint density at radius 1 is 1.42 bits per heavy atom. The summed E-state index contributed by atoms with van der Waals surface area (Å²) in [6.07, 6.45) is 1.69. The van der Waals surface area contributed by atoms with Gasteiger partial charge < -0.3 is 20.5 Å². The molecule has 0 spiro atoms. The van der Waals surface area contributed by atoms with Crippen molar-refractivity contribution in [1.82, 2.24) is 9.29 Å². The van der Waals surface area contributed by atoms with E-state index in [1.54, 1.807) is 18.2 Å². The molecule has 12 heteroatoms. The lowest BCUT2D eigenvalue weighted by Crippen LogP contribution is -2.40. The maximum absolute atomic E-state index is 12.5. The first-order chi connectivity index (χ1) is 14.7. The van der Waals surface area contributed by atoms with E-state index in [9.17, 15) is 17.6 Å². The molecule has 1 amide bonds. The number of amides is 1. The Bertz CT molecular complexity index is 1080. The Labute approximate surface area is 178 Å². The van der Waals surface area contributed by atoms with Crippen LogP contribution in [0.25, 0.3) is 0 Å². The molecule has 166 valence electrons. The second-order valence-corrected chi connectivity index (χ2v) is 8.85. The predicted molar refractivity (Wildman–Crippen MR) is 112 cm³/mol. The number of anilines is 1. The van der Waals surface area contributed by atoms with Crippen molar-refractivity contribution in [3.8, 4) is 11.5 Å². The zero-order chi connectivity index (χ0) is 22.6. The van der Waals surface area contributed by atoms with Gasteiger partial charge in [0.15, 0.2) is 0 Å². The van der Waals surface area contributed by atoms with E-state index in [2.05, 4.69) is 15.0 Å². The molecule has 3 rings (SSSR count). The van der Waals surface area contributed by atoms with E-state index in [0.29, 0.717) is 30.0 Å². The summed E-state index contributed by atoms with van der Waals surface area (Å²) in [5, 5.41) is 10.1. The number of aromatic nitrogens is 1. The Kier molecular flexibility index (Phi) is 6.59. The van der Waals surface area contributed by atoms with Gasteiger partial charge in [-0.2, -0.15) is 0 Å². The fourth-order valence-corrected chi connectivity index (χ4v) is 4.47. The topological polar surface area (TPSA) is 148 Å². The number of rotatable bonds is 7. The van der Waals surface area contributed by atoms with Crippen LogP contribution in [0.2, 0.25) is 0 Å². The molecule has 2 heterocycles. The number of guanidine groups is 1. The molecule has 31 heavy (non-hydrogen) atoms. The third kappa shape index (κ3) is 5.20. The van der Waals surface area contributed by atoms with Gasteiger partial charge in [-0.3, -0.25) is 10.2 Å². The van der Waals surface area contributed by atoms with Crippen molar-refractivity contribution in [2.45, 2.75) is 12.3 Å². The van der Waals surface area contributed by atoms with Crippen molar-refractivity contribution in [1.29, 1.82) is 5.41 Å². The molecule has 1 aromatic carbocycles. The Morgan fingerprint density at radius 3 is 2.84 bits per heavy atom. The van der Waals surface area contributed by atoms with Gasteiger partial charge in [-0.25, -0.2) is 22.1 Å². The lowest BCUT2D eigenvalue weighted by Gasteiger charge is -2.28. The number of alkyl halides is 1. The number of nitrogens with one attached hydrogen (secondary N) is 2. The lowest BCUT2D eigenvalue weighted by atomic mass is 9.94. The summed E-state index contributed by atoms with van der Waals surface area (Å²) in [5.74, 6) is -0.991. The van der Waals surface area contributed by atoms with Crippen molar-refractivity contribution >= 4 is 27.6 Å². The molecule has 4 N–H and O–H groups in total. The summed E-state index contributed by atoms with van der Waals surface area (Å²) in [6.45, 7) is -0.649. The molecule has 2 aromatic rings. The van der Waals surface area contributed by atoms with Crippen LogP contribution in [0.5, 0.6) is 11.5 Å². The summed E-state index contributed by atoms with van der Waals surface area (Å²) in [6, 6.07) is 7.77. The van der Waals surface area contributed by atoms with Crippen LogP contribution in [-0.2, 0) is 10.0 Å². The van der Waals surface area contributed by atoms with E-state index >= 15 is 0 Å². The molecular weight excluding hydrogens is 429 g/mol. The Balaban J connectivity index is 1.78. The number of sulfonamides is 1. The van der Waals surface area contributed by atoms with Crippen molar-refractivity contribution in [3.05, 3.63) is 47.8 Å². The number of benzene rings is 1. The zero-order valence-electron chi connectivity index (χ0n) is 16.7. The highest BCUT2D eigenvalue weighted by Crippen LogP contribution is 2.36. The Morgan fingerprint density at radius 2 is 2.19 bits per heavy atom. The fourth-order valence-electron chi connectivity index (χ4n) is 3.09. The molecular formula is C19H22FN5O5S. The first-order valence-corrected chi connectivity index (χ1v) is 10.9. The molecule has 10 nitrogen and oxygen atoms in total. The van der Waals surface area contributed by atoms with E-state index in [-0.39, 0.29) is 17.2 Å². The highest BCUT2D eigenvalue weighted by Gasteiger charge is 2.30. The minimum absolute atomic E-state index is 0.0994. The average Bonchev–Trinajstić information content (AvgIpc) is 2.74. The minimum Gasteiger partial charge on any atom is -0.493 e. The molecule has 1 atom stereocenters. The van der Waals surface area contributed by atoms with Gasteiger partial charge in [0.25, 0.3) is 5.91 Å². The van der Waals surface area contributed by atoms with Crippen molar-refractivity contribution in [2.75, 3.05) is 31.6 Å². The van der Waals surface area contributed by atoms with E-state index in [1.165, 1.54) is 25.4 Å². The average molecular weight is 451 g/mol. The molecule has 1 aromatic heterocycles. The highest BCUT2D eigenvalue weighted by atomic mass is 32.2. The maximum atomic E-state index is 12.5. The molecule has 1 aliphatic heterocycles. The third-order valence-corrected chi connectivity index (χ3v) is 6.64. The number of nitrogens with two attached hydrogens (primary N) is 1. The first kappa shape index (κ1) is 22.3. The van der Waals surface area contributed by atoms with Crippen LogP contribution in [-0.4, -0.2) is 55.8 Å². The zero-order valence-corrected chi connectivity index (χ0v) is 17.5. The van der Waals surface area contributed by atoms with E-state index in [4.69, 9.17) is 15.9 Å². The van der Waals surface area contributed by atoms with Crippen LogP contribution in [0, 0.1) is 5.41 Å². The van der Waals surface area contributed by atoms with Crippen LogP contribution >= 0.6 is 0 Å². The number of halogens is 1. The predicted octanol–water partition coefficient (Wildman–Crippen LogP) is 1.66. The van der Waals surface area contributed by atoms with Gasteiger partial charge in [-0.1, -0.05) is 0 Å². The second kappa shape index (κ2) is 9.16. The number of hydrogen-bond donors (Lipinski definition) is 3. The molecule has 0 bridgehead atoms. The molecule has 0 radical (unpaired) electrons. The number of fused-ring (bicyclic) bond motifs is 1. The molecule has 0 saturated carbocycles. The Hall–Kier alpha value is -3.41. The summed E-state index contributed by atoms with van der Waals surface area (Å²) in [5.41, 5.74) is 6.47. The standard InChI is InChI=1S/C19H22FN5O5S/c1-25(19(21)22)31(27,28)10-12-6-7-29-17-5-2-13(8-15(12)17)24-18(26)16-4-3-14(9-23-16)30-11-20/h2-5,8-9,12H,6-7,10-11H2,1H3,(H3,21,22)(H,24,26). The van der Waals surface area contributed by atoms with Crippen LogP contribution in [0.3, 0.4) is 0 Å². The summed E-state index contributed by atoms with van der Waals surface area (Å²) in [4.78, 5) is 16.4. The number of nitrogens with zero attached hydrogens (tertiary/aromatic N) is 2. The monoisotopic (exact) mass is 451 g/mol. The highest BCUT2D eigenvalue weighted by molar-refractivity contribution is 7.89. The summed E-state index contributed by atoms with van der Waals surface area (Å²) >= 11 is 0. The van der Waals surface area contributed by atoms with Gasteiger partial charge in [-0.05, 0) is 36.8 Å². The largest absolute Gasteiger partial charge is 0.493 e. The van der Waals surface area contributed by atoms with Gasteiger partial charge in [0.2, 0.25) is 22.8 Å². The minimum atomic E-state index is -3.80. The van der Waals surface area contributed by atoms with Crippen molar-refractivity contribution < 1.29 is 27.1 Å². The van der Waals surface area contributed by atoms with E-state index in [1.807, 2.05) is 0 Å². The molecule has 0 fully saturated rings. The summed E-state index contributed by atoms with van der Waals surface area (Å²) in [7, 11) is -2.57. The smallest absolute Gasteiger partial charge is 0.274 e. The maximum Gasteiger partial charge on any atom is 0.274 e. The van der Waals surface area contributed by atoms with Gasteiger partial charge in [-0.15, -0.1) is 0 Å². The fraction of sp³-hybridized carbons (Fsp3) is 0.316. The van der Waals surface area contributed by atoms with Crippen molar-refractivity contribution in [2.24, 2.45) is 5.73 Å². The van der Waals surface area contributed by atoms with Gasteiger partial charge in [0, 0.05) is 24.2 Å².